The molecule has 2 rings (SSSR count). The van der Waals surface area contributed by atoms with Crippen molar-refractivity contribution >= 4 is 11.9 Å². The van der Waals surface area contributed by atoms with Crippen molar-refractivity contribution in [2.45, 2.75) is 26.9 Å². The van der Waals surface area contributed by atoms with E-state index in [-0.39, 0.29) is 5.91 Å². The lowest BCUT2D eigenvalue weighted by Gasteiger charge is -2.11. The Bertz CT molecular complexity index is 683. The predicted octanol–water partition coefficient (Wildman–Crippen LogP) is 2.09. The van der Waals surface area contributed by atoms with Gasteiger partial charge in [-0.1, -0.05) is 18.2 Å². The van der Waals surface area contributed by atoms with Gasteiger partial charge in [0.15, 0.2) is 5.96 Å². The Kier molecular flexibility index (Phi) is 7.43. The number of nitrogens with one attached hydrogen (secondary N) is 3. The molecule has 0 radical (unpaired) electrons. The second-order valence-corrected chi connectivity index (χ2v) is 5.43. The third kappa shape index (κ3) is 6.25. The van der Waals surface area contributed by atoms with Gasteiger partial charge < -0.3 is 16.0 Å². The summed E-state index contributed by atoms with van der Waals surface area (Å²) in [7, 11) is 0. The largest absolute Gasteiger partial charge is 0.357 e. The minimum Gasteiger partial charge on any atom is -0.357 e. The second kappa shape index (κ2) is 10.1. The summed E-state index contributed by atoms with van der Waals surface area (Å²) in [6.07, 6.45) is 1.78. The molecule has 0 fully saturated rings. The van der Waals surface area contributed by atoms with Gasteiger partial charge in [0.2, 0.25) is 0 Å². The Balaban J connectivity index is 1.94. The highest BCUT2D eigenvalue weighted by atomic mass is 16.1. The molecule has 1 heterocycles. The number of nitrogens with zero attached hydrogens (tertiary/aromatic N) is 2. The SMILES string of the molecule is CCNC(=O)c1ccc(CN=C(NCC)NCc2ccccn2)cc1. The Morgan fingerprint density at radius 3 is 2.40 bits per heavy atom. The van der Waals surface area contributed by atoms with E-state index < -0.39 is 0 Å². The number of aliphatic imine (C=N–C) groups is 1. The van der Waals surface area contributed by atoms with Crippen molar-refractivity contribution < 1.29 is 4.79 Å². The number of pyridine rings is 1. The molecule has 1 aromatic heterocycles. The summed E-state index contributed by atoms with van der Waals surface area (Å²) in [4.78, 5) is 20.6. The maximum Gasteiger partial charge on any atom is 0.251 e. The molecular weight excluding hydrogens is 314 g/mol. The van der Waals surface area contributed by atoms with Crippen LogP contribution in [0.3, 0.4) is 0 Å². The van der Waals surface area contributed by atoms with Gasteiger partial charge in [-0.05, 0) is 43.7 Å². The first-order valence-electron chi connectivity index (χ1n) is 8.52. The number of amides is 1. The van der Waals surface area contributed by atoms with Crippen LogP contribution in [0.25, 0.3) is 0 Å². The predicted molar refractivity (Wildman–Crippen MR) is 100 cm³/mol. The van der Waals surface area contributed by atoms with Crippen molar-refractivity contribution in [3.05, 3.63) is 65.5 Å². The average Bonchev–Trinajstić information content (AvgIpc) is 2.65. The fraction of sp³-hybridized carbons (Fsp3) is 0.316. The van der Waals surface area contributed by atoms with Crippen molar-refractivity contribution in [1.29, 1.82) is 0 Å². The lowest BCUT2D eigenvalue weighted by atomic mass is 10.1. The van der Waals surface area contributed by atoms with Gasteiger partial charge >= 0.3 is 0 Å². The standard InChI is InChI=1S/C19H25N5O/c1-3-20-18(25)16-10-8-15(9-11-16)13-23-19(21-4-2)24-14-17-7-5-6-12-22-17/h5-12H,3-4,13-14H2,1-2H3,(H,20,25)(H2,21,23,24). The van der Waals surface area contributed by atoms with Crippen molar-refractivity contribution in [3.63, 3.8) is 0 Å². The van der Waals surface area contributed by atoms with E-state index in [9.17, 15) is 4.79 Å². The Morgan fingerprint density at radius 1 is 1.00 bits per heavy atom. The van der Waals surface area contributed by atoms with Gasteiger partial charge in [0.1, 0.15) is 0 Å². The second-order valence-electron chi connectivity index (χ2n) is 5.43. The van der Waals surface area contributed by atoms with E-state index in [0.717, 1.165) is 23.8 Å². The highest BCUT2D eigenvalue weighted by Crippen LogP contribution is 2.06. The van der Waals surface area contributed by atoms with Gasteiger partial charge in [0, 0.05) is 24.8 Å². The lowest BCUT2D eigenvalue weighted by molar-refractivity contribution is 0.0956. The number of hydrogen-bond acceptors (Lipinski definition) is 3. The first-order chi connectivity index (χ1) is 12.2. The quantitative estimate of drug-likeness (QED) is 0.533. The summed E-state index contributed by atoms with van der Waals surface area (Å²) in [5.74, 6) is 0.684. The van der Waals surface area contributed by atoms with E-state index in [1.165, 1.54) is 0 Å². The third-order valence-electron chi connectivity index (χ3n) is 3.48. The summed E-state index contributed by atoms with van der Waals surface area (Å²) < 4.78 is 0. The van der Waals surface area contributed by atoms with Gasteiger partial charge in [-0.3, -0.25) is 9.78 Å². The van der Waals surface area contributed by atoms with Crippen molar-refractivity contribution in [3.8, 4) is 0 Å². The molecule has 1 amide bonds. The first kappa shape index (κ1) is 18.4. The number of aromatic nitrogens is 1. The fourth-order valence-corrected chi connectivity index (χ4v) is 2.21. The zero-order valence-electron chi connectivity index (χ0n) is 14.7. The van der Waals surface area contributed by atoms with Gasteiger partial charge in [-0.25, -0.2) is 4.99 Å². The van der Waals surface area contributed by atoms with Crippen LogP contribution in [-0.4, -0.2) is 29.9 Å². The van der Waals surface area contributed by atoms with E-state index in [1.54, 1.807) is 6.20 Å². The van der Waals surface area contributed by atoms with Crippen LogP contribution in [0, 0.1) is 0 Å². The fourth-order valence-electron chi connectivity index (χ4n) is 2.21. The number of carbonyl (C=O) groups excluding carboxylic acids is 1. The molecule has 2 aromatic rings. The van der Waals surface area contributed by atoms with E-state index in [0.29, 0.717) is 25.2 Å². The molecule has 6 nitrogen and oxygen atoms in total. The molecule has 25 heavy (non-hydrogen) atoms. The minimum atomic E-state index is -0.0529. The van der Waals surface area contributed by atoms with Crippen LogP contribution < -0.4 is 16.0 Å². The van der Waals surface area contributed by atoms with Crippen LogP contribution in [0.1, 0.15) is 35.5 Å². The molecule has 0 unspecified atom stereocenters. The van der Waals surface area contributed by atoms with Gasteiger partial charge in [0.05, 0.1) is 18.8 Å². The number of benzene rings is 1. The molecule has 0 aliphatic heterocycles. The van der Waals surface area contributed by atoms with Crippen molar-refractivity contribution in [2.24, 2.45) is 4.99 Å². The summed E-state index contributed by atoms with van der Waals surface area (Å²) >= 11 is 0. The molecule has 0 aliphatic rings. The molecule has 3 N–H and O–H groups in total. The van der Waals surface area contributed by atoms with Crippen LogP contribution in [0.15, 0.2) is 53.7 Å². The number of carbonyl (C=O) groups is 1. The van der Waals surface area contributed by atoms with Crippen LogP contribution in [-0.2, 0) is 13.1 Å². The van der Waals surface area contributed by atoms with Crippen LogP contribution in [0.4, 0.5) is 0 Å². The molecule has 0 saturated carbocycles. The molecule has 0 aliphatic carbocycles. The van der Waals surface area contributed by atoms with Crippen molar-refractivity contribution in [2.75, 3.05) is 13.1 Å². The topological polar surface area (TPSA) is 78.4 Å². The summed E-state index contributed by atoms with van der Waals surface area (Å²) in [5, 5.41) is 9.27. The summed E-state index contributed by atoms with van der Waals surface area (Å²) in [5.41, 5.74) is 2.66. The number of hydrogen-bond donors (Lipinski definition) is 3. The van der Waals surface area contributed by atoms with Crippen LogP contribution >= 0.6 is 0 Å². The van der Waals surface area contributed by atoms with Gasteiger partial charge in [-0.2, -0.15) is 0 Å². The zero-order chi connectivity index (χ0) is 17.9. The zero-order valence-corrected chi connectivity index (χ0v) is 14.7. The Labute approximate surface area is 148 Å². The molecule has 6 heteroatoms. The summed E-state index contributed by atoms with van der Waals surface area (Å²) in [6.45, 7) is 6.49. The molecule has 0 spiro atoms. The monoisotopic (exact) mass is 339 g/mol. The highest BCUT2D eigenvalue weighted by Gasteiger charge is 2.04. The molecule has 0 atom stereocenters. The Morgan fingerprint density at radius 2 is 1.76 bits per heavy atom. The molecular formula is C19H25N5O. The van der Waals surface area contributed by atoms with E-state index in [2.05, 4.69) is 25.9 Å². The normalized spacial score (nSPS) is 11.0. The lowest BCUT2D eigenvalue weighted by Crippen LogP contribution is -2.37. The maximum absolute atomic E-state index is 11.8. The molecule has 132 valence electrons. The van der Waals surface area contributed by atoms with E-state index >= 15 is 0 Å². The van der Waals surface area contributed by atoms with E-state index in [4.69, 9.17) is 0 Å². The molecule has 0 saturated heterocycles. The molecule has 0 bridgehead atoms. The van der Waals surface area contributed by atoms with Crippen LogP contribution in [0.2, 0.25) is 0 Å². The minimum absolute atomic E-state index is 0.0529. The van der Waals surface area contributed by atoms with Gasteiger partial charge in [-0.15, -0.1) is 0 Å². The molecule has 1 aromatic carbocycles. The van der Waals surface area contributed by atoms with Gasteiger partial charge in [0.25, 0.3) is 5.91 Å². The third-order valence-corrected chi connectivity index (χ3v) is 3.48. The number of rotatable bonds is 7. The maximum atomic E-state index is 11.8. The Hall–Kier alpha value is -2.89. The van der Waals surface area contributed by atoms with Crippen LogP contribution in [0.5, 0.6) is 0 Å². The highest BCUT2D eigenvalue weighted by molar-refractivity contribution is 5.94. The first-order valence-corrected chi connectivity index (χ1v) is 8.52. The average molecular weight is 339 g/mol. The summed E-state index contributed by atoms with van der Waals surface area (Å²) in [6, 6.07) is 13.3. The smallest absolute Gasteiger partial charge is 0.251 e. The van der Waals surface area contributed by atoms with Crippen molar-refractivity contribution in [1.82, 2.24) is 20.9 Å². The number of guanidine groups is 1. The van der Waals surface area contributed by atoms with E-state index in [1.807, 2.05) is 56.3 Å².